The quantitative estimate of drug-likeness (QED) is 0.571. The summed E-state index contributed by atoms with van der Waals surface area (Å²) in [5, 5.41) is 0. The summed E-state index contributed by atoms with van der Waals surface area (Å²) in [5.41, 5.74) is -0.0683. The average molecular weight is 225 g/mol. The van der Waals surface area contributed by atoms with Crippen molar-refractivity contribution in [2.45, 2.75) is 0 Å². The van der Waals surface area contributed by atoms with Crippen LogP contribution < -0.4 is 4.74 Å². The average Bonchev–Trinajstić information content (AvgIpc) is 2.26. The third-order valence-corrected chi connectivity index (χ3v) is 2.01. The number of hydrogen-bond donors (Lipinski definition) is 0. The first-order valence-corrected chi connectivity index (χ1v) is 4.57. The van der Waals surface area contributed by atoms with Gasteiger partial charge in [0.1, 0.15) is 11.6 Å². The molecule has 1 aromatic carbocycles. The number of ether oxygens (including phenoxy) is 1. The van der Waals surface area contributed by atoms with Gasteiger partial charge in [0.15, 0.2) is 0 Å². The Morgan fingerprint density at radius 3 is 2.44 bits per heavy atom. The lowest BCUT2D eigenvalue weighted by molar-refractivity contribution is -0.124. The van der Waals surface area contributed by atoms with Crippen LogP contribution in [0.5, 0.6) is 5.75 Å². The zero-order chi connectivity index (χ0) is 12.3. The number of benzene rings is 1. The van der Waals surface area contributed by atoms with Crippen LogP contribution in [0.2, 0.25) is 0 Å². The zero-order valence-corrected chi connectivity index (χ0v) is 9.28. The van der Waals surface area contributed by atoms with Crippen molar-refractivity contribution >= 4 is 11.7 Å². The van der Waals surface area contributed by atoms with Crippen LogP contribution in [-0.2, 0) is 4.79 Å². The molecule has 0 radical (unpaired) electrons. The Labute approximate surface area is 92.6 Å². The number of likely N-dealkylation sites (N-methyl/N-ethyl adjacent to an activating group) is 1. The highest BCUT2D eigenvalue weighted by atomic mass is 19.1. The molecule has 0 aliphatic rings. The number of methoxy groups -OCH3 is 1. The van der Waals surface area contributed by atoms with E-state index in [1.165, 1.54) is 27.3 Å². The molecule has 0 atom stereocenters. The van der Waals surface area contributed by atoms with E-state index in [-0.39, 0.29) is 11.3 Å². The molecule has 16 heavy (non-hydrogen) atoms. The molecule has 0 aliphatic carbocycles. The van der Waals surface area contributed by atoms with Crippen molar-refractivity contribution in [3.05, 3.63) is 29.6 Å². The van der Waals surface area contributed by atoms with E-state index in [0.717, 1.165) is 17.0 Å². The van der Waals surface area contributed by atoms with Crippen LogP contribution in [0, 0.1) is 5.82 Å². The molecule has 0 aromatic heterocycles. The van der Waals surface area contributed by atoms with E-state index in [4.69, 9.17) is 4.74 Å². The first-order chi connectivity index (χ1) is 7.47. The van der Waals surface area contributed by atoms with E-state index >= 15 is 0 Å². The Hall–Kier alpha value is -1.91. The van der Waals surface area contributed by atoms with Crippen molar-refractivity contribution in [3.63, 3.8) is 0 Å². The minimum atomic E-state index is -0.790. The molecule has 1 aromatic rings. The maximum atomic E-state index is 13.0. The number of amides is 1. The lowest BCUT2D eigenvalue weighted by Gasteiger charge is -2.11. The van der Waals surface area contributed by atoms with Crippen molar-refractivity contribution in [3.8, 4) is 5.75 Å². The molecule has 0 N–H and O–H groups in total. The fourth-order valence-corrected chi connectivity index (χ4v) is 1.18. The predicted molar refractivity (Wildman–Crippen MR) is 56.0 cm³/mol. The lowest BCUT2D eigenvalue weighted by atomic mass is 10.1. The zero-order valence-electron chi connectivity index (χ0n) is 9.28. The largest absolute Gasteiger partial charge is 0.496 e. The number of rotatable bonds is 3. The summed E-state index contributed by atoms with van der Waals surface area (Å²) in [5.74, 6) is -1.91. The predicted octanol–water partition coefficient (Wildman–Crippen LogP) is 1.11. The molecule has 1 rings (SSSR count). The molecule has 0 unspecified atom stereocenters. The van der Waals surface area contributed by atoms with E-state index < -0.39 is 17.5 Å². The maximum absolute atomic E-state index is 13.0. The van der Waals surface area contributed by atoms with E-state index in [1.54, 1.807) is 0 Å². The van der Waals surface area contributed by atoms with Gasteiger partial charge in [0.05, 0.1) is 12.7 Å². The minimum absolute atomic E-state index is 0.0683. The Kier molecular flexibility index (Phi) is 3.60. The Bertz CT molecular complexity index is 429. The van der Waals surface area contributed by atoms with Gasteiger partial charge in [-0.1, -0.05) is 0 Å². The third kappa shape index (κ3) is 2.36. The summed E-state index contributed by atoms with van der Waals surface area (Å²) >= 11 is 0. The van der Waals surface area contributed by atoms with E-state index in [0.29, 0.717) is 0 Å². The minimum Gasteiger partial charge on any atom is -0.496 e. The van der Waals surface area contributed by atoms with E-state index in [9.17, 15) is 14.0 Å². The number of carbonyl (C=O) groups excluding carboxylic acids is 2. The molecule has 4 nitrogen and oxygen atoms in total. The second-order valence-corrected chi connectivity index (χ2v) is 3.37. The first kappa shape index (κ1) is 12.2. The summed E-state index contributed by atoms with van der Waals surface area (Å²) in [4.78, 5) is 24.2. The molecular formula is C11H12FNO3. The normalized spacial score (nSPS) is 9.75. The molecule has 0 bridgehead atoms. The molecule has 86 valence electrons. The van der Waals surface area contributed by atoms with Gasteiger partial charge in [-0.25, -0.2) is 4.39 Å². The number of halogens is 1. The highest BCUT2D eigenvalue weighted by molar-refractivity contribution is 6.43. The van der Waals surface area contributed by atoms with Crippen LogP contribution in [0.4, 0.5) is 4.39 Å². The van der Waals surface area contributed by atoms with E-state index in [1.807, 2.05) is 0 Å². The standard InChI is InChI=1S/C11H12FNO3/c1-13(2)11(15)10(14)8-6-7(12)4-5-9(8)16-3/h4-6H,1-3H3. The summed E-state index contributed by atoms with van der Waals surface area (Å²) in [6.07, 6.45) is 0. The van der Waals surface area contributed by atoms with Gasteiger partial charge in [-0.2, -0.15) is 0 Å². The SMILES string of the molecule is COc1ccc(F)cc1C(=O)C(=O)N(C)C. The molecular weight excluding hydrogens is 213 g/mol. The van der Waals surface area contributed by atoms with Gasteiger partial charge in [0.25, 0.3) is 11.7 Å². The second kappa shape index (κ2) is 4.74. The summed E-state index contributed by atoms with van der Waals surface area (Å²) < 4.78 is 17.9. The number of hydrogen-bond acceptors (Lipinski definition) is 3. The van der Waals surface area contributed by atoms with Gasteiger partial charge in [-0.15, -0.1) is 0 Å². The fraction of sp³-hybridized carbons (Fsp3) is 0.273. The number of Topliss-reactive ketones (excluding diaryl/α,β-unsaturated/α-hetero) is 1. The third-order valence-electron chi connectivity index (χ3n) is 2.01. The molecule has 0 saturated carbocycles. The van der Waals surface area contributed by atoms with E-state index in [2.05, 4.69) is 0 Å². The van der Waals surface area contributed by atoms with Crippen molar-refractivity contribution in [1.29, 1.82) is 0 Å². The van der Waals surface area contributed by atoms with Gasteiger partial charge in [-0.05, 0) is 18.2 Å². The van der Waals surface area contributed by atoms with Gasteiger partial charge in [-0.3, -0.25) is 9.59 Å². The topological polar surface area (TPSA) is 46.6 Å². The molecule has 0 fully saturated rings. The molecule has 0 aliphatic heterocycles. The number of ketones is 1. The number of nitrogens with zero attached hydrogens (tertiary/aromatic N) is 1. The van der Waals surface area contributed by atoms with Crippen molar-refractivity contribution in [1.82, 2.24) is 4.90 Å². The second-order valence-electron chi connectivity index (χ2n) is 3.37. The molecule has 5 heteroatoms. The Balaban J connectivity index is 3.16. The van der Waals surface area contributed by atoms with Gasteiger partial charge in [0, 0.05) is 14.1 Å². The van der Waals surface area contributed by atoms with Crippen LogP contribution in [0.3, 0.4) is 0 Å². The Morgan fingerprint density at radius 1 is 1.31 bits per heavy atom. The van der Waals surface area contributed by atoms with Gasteiger partial charge < -0.3 is 9.64 Å². The lowest BCUT2D eigenvalue weighted by Crippen LogP contribution is -2.30. The van der Waals surface area contributed by atoms with Crippen LogP contribution in [0.1, 0.15) is 10.4 Å². The van der Waals surface area contributed by atoms with Crippen molar-refractivity contribution in [2.75, 3.05) is 21.2 Å². The van der Waals surface area contributed by atoms with Crippen molar-refractivity contribution < 1.29 is 18.7 Å². The van der Waals surface area contributed by atoms with Crippen molar-refractivity contribution in [2.24, 2.45) is 0 Å². The molecule has 1 amide bonds. The van der Waals surface area contributed by atoms with Crippen LogP contribution in [0.15, 0.2) is 18.2 Å². The summed E-state index contributed by atoms with van der Waals surface area (Å²) in [6.45, 7) is 0. The smallest absolute Gasteiger partial charge is 0.294 e. The summed E-state index contributed by atoms with van der Waals surface area (Å²) in [7, 11) is 4.25. The fourth-order valence-electron chi connectivity index (χ4n) is 1.18. The molecule has 0 heterocycles. The number of carbonyl (C=O) groups is 2. The monoisotopic (exact) mass is 225 g/mol. The van der Waals surface area contributed by atoms with Crippen LogP contribution >= 0.6 is 0 Å². The highest BCUT2D eigenvalue weighted by Gasteiger charge is 2.22. The van der Waals surface area contributed by atoms with Crippen LogP contribution in [0.25, 0.3) is 0 Å². The Morgan fingerprint density at radius 2 is 1.94 bits per heavy atom. The highest BCUT2D eigenvalue weighted by Crippen LogP contribution is 2.20. The molecule has 0 saturated heterocycles. The van der Waals surface area contributed by atoms with Gasteiger partial charge >= 0.3 is 0 Å². The van der Waals surface area contributed by atoms with Crippen LogP contribution in [-0.4, -0.2) is 37.8 Å². The first-order valence-electron chi connectivity index (χ1n) is 4.57. The van der Waals surface area contributed by atoms with Gasteiger partial charge in [0.2, 0.25) is 0 Å². The maximum Gasteiger partial charge on any atom is 0.294 e. The molecule has 0 spiro atoms. The summed E-state index contributed by atoms with van der Waals surface area (Å²) in [6, 6.07) is 3.46.